The van der Waals surface area contributed by atoms with Crippen molar-refractivity contribution in [3.8, 4) is 0 Å². The van der Waals surface area contributed by atoms with Crippen LogP contribution in [0.2, 0.25) is 0 Å². The third-order valence-corrected chi connectivity index (χ3v) is 4.55. The van der Waals surface area contributed by atoms with Crippen LogP contribution in [0.1, 0.15) is 38.5 Å². The normalized spacial score (nSPS) is 22.6. The lowest BCUT2D eigenvalue weighted by molar-refractivity contribution is 0.181. The van der Waals surface area contributed by atoms with Crippen molar-refractivity contribution >= 4 is 11.4 Å². The predicted octanol–water partition coefficient (Wildman–Crippen LogP) is 3.57. The molecule has 18 heavy (non-hydrogen) atoms. The quantitative estimate of drug-likeness (QED) is 0.770. The van der Waals surface area contributed by atoms with Gasteiger partial charge in [-0.25, -0.2) is 4.39 Å². The van der Waals surface area contributed by atoms with E-state index in [9.17, 15) is 4.39 Å². The molecule has 2 fully saturated rings. The van der Waals surface area contributed by atoms with Crippen LogP contribution in [0, 0.1) is 11.2 Å². The molecule has 1 aliphatic carbocycles. The van der Waals surface area contributed by atoms with Crippen molar-refractivity contribution in [3.05, 3.63) is 24.0 Å². The molecule has 1 aromatic rings. The number of anilines is 2. The van der Waals surface area contributed by atoms with Crippen LogP contribution in [0.4, 0.5) is 15.8 Å². The summed E-state index contributed by atoms with van der Waals surface area (Å²) < 4.78 is 13.0. The van der Waals surface area contributed by atoms with Gasteiger partial charge >= 0.3 is 0 Å². The van der Waals surface area contributed by atoms with E-state index in [1.54, 1.807) is 0 Å². The molecule has 0 amide bonds. The summed E-state index contributed by atoms with van der Waals surface area (Å²) in [4.78, 5) is 2.31. The first-order valence-corrected chi connectivity index (χ1v) is 6.99. The molecule has 98 valence electrons. The summed E-state index contributed by atoms with van der Waals surface area (Å²) in [5, 5.41) is 0. The molecule has 1 saturated carbocycles. The average molecular weight is 248 g/mol. The molecule has 0 radical (unpaired) electrons. The average Bonchev–Trinajstić information content (AvgIpc) is 2.53. The van der Waals surface area contributed by atoms with Crippen molar-refractivity contribution in [2.45, 2.75) is 38.5 Å². The molecule has 0 bridgehead atoms. The molecule has 0 unspecified atom stereocenters. The first kappa shape index (κ1) is 11.8. The van der Waals surface area contributed by atoms with E-state index in [2.05, 4.69) is 4.90 Å². The van der Waals surface area contributed by atoms with Crippen LogP contribution in [-0.4, -0.2) is 13.1 Å². The highest BCUT2D eigenvalue weighted by atomic mass is 19.1. The largest absolute Gasteiger partial charge is 0.397 e. The minimum Gasteiger partial charge on any atom is -0.397 e. The molecular formula is C15H21FN2. The number of hydrogen-bond acceptors (Lipinski definition) is 2. The molecule has 2 nitrogen and oxygen atoms in total. The molecule has 2 aliphatic rings. The highest BCUT2D eigenvalue weighted by Gasteiger charge is 2.42. The summed E-state index contributed by atoms with van der Waals surface area (Å²) in [5.74, 6) is -0.249. The maximum Gasteiger partial charge on any atom is 0.125 e. The first-order valence-electron chi connectivity index (χ1n) is 6.99. The van der Waals surface area contributed by atoms with Crippen molar-refractivity contribution < 1.29 is 4.39 Å². The van der Waals surface area contributed by atoms with Crippen molar-refractivity contribution in [2.75, 3.05) is 23.7 Å². The van der Waals surface area contributed by atoms with Gasteiger partial charge in [0.25, 0.3) is 0 Å². The Labute approximate surface area is 108 Å². The van der Waals surface area contributed by atoms with Gasteiger partial charge in [0.15, 0.2) is 0 Å². The Balaban J connectivity index is 1.70. The third-order valence-electron chi connectivity index (χ3n) is 4.55. The fourth-order valence-electron chi connectivity index (χ4n) is 3.54. The second-order valence-electron chi connectivity index (χ2n) is 5.97. The van der Waals surface area contributed by atoms with Gasteiger partial charge in [0.2, 0.25) is 0 Å². The molecule has 0 aromatic heterocycles. The van der Waals surface area contributed by atoms with Gasteiger partial charge in [-0.3, -0.25) is 0 Å². The van der Waals surface area contributed by atoms with Crippen LogP contribution in [-0.2, 0) is 0 Å². The molecule has 1 aliphatic heterocycles. The molecular weight excluding hydrogens is 227 g/mol. The van der Waals surface area contributed by atoms with E-state index in [0.717, 1.165) is 18.8 Å². The first-order chi connectivity index (χ1) is 8.69. The van der Waals surface area contributed by atoms with Gasteiger partial charge in [0, 0.05) is 18.5 Å². The second-order valence-corrected chi connectivity index (χ2v) is 5.97. The Hall–Kier alpha value is -1.25. The fourth-order valence-corrected chi connectivity index (χ4v) is 3.54. The second kappa shape index (κ2) is 4.45. The molecule has 3 heteroatoms. The lowest BCUT2D eigenvalue weighted by Crippen LogP contribution is -2.56. The minimum atomic E-state index is -0.249. The van der Waals surface area contributed by atoms with Crippen LogP contribution < -0.4 is 10.6 Å². The van der Waals surface area contributed by atoms with Crippen LogP contribution in [0.15, 0.2) is 18.2 Å². The molecule has 1 saturated heterocycles. The molecule has 1 heterocycles. The topological polar surface area (TPSA) is 29.3 Å². The number of hydrogen-bond donors (Lipinski definition) is 1. The highest BCUT2D eigenvalue weighted by Crippen LogP contribution is 2.45. The van der Waals surface area contributed by atoms with Crippen LogP contribution in [0.3, 0.4) is 0 Å². The van der Waals surface area contributed by atoms with E-state index in [1.165, 1.54) is 50.7 Å². The standard InChI is InChI=1S/C15H21FN2/c16-12-5-6-14(13(17)9-12)18-10-15(11-18)7-3-1-2-4-8-15/h5-6,9H,1-4,7-8,10-11,17H2. The van der Waals surface area contributed by atoms with Crippen molar-refractivity contribution in [1.29, 1.82) is 0 Å². The molecule has 0 atom stereocenters. The van der Waals surface area contributed by atoms with Crippen molar-refractivity contribution in [2.24, 2.45) is 5.41 Å². The van der Waals surface area contributed by atoms with Gasteiger partial charge in [-0.1, -0.05) is 25.7 Å². The number of halogens is 1. The van der Waals surface area contributed by atoms with Gasteiger partial charge in [-0.05, 0) is 31.0 Å². The SMILES string of the molecule is Nc1cc(F)ccc1N1CC2(CCCCCC2)C1. The highest BCUT2D eigenvalue weighted by molar-refractivity contribution is 5.69. The van der Waals surface area contributed by atoms with Gasteiger partial charge in [-0.2, -0.15) is 0 Å². The van der Waals surface area contributed by atoms with Crippen molar-refractivity contribution in [1.82, 2.24) is 0 Å². The molecule has 2 N–H and O–H groups in total. The number of nitrogens with zero attached hydrogens (tertiary/aromatic N) is 1. The zero-order valence-electron chi connectivity index (χ0n) is 10.8. The van der Waals surface area contributed by atoms with Crippen LogP contribution in [0.25, 0.3) is 0 Å². The summed E-state index contributed by atoms with van der Waals surface area (Å²) in [5.41, 5.74) is 8.00. The Morgan fingerprint density at radius 1 is 1.06 bits per heavy atom. The number of benzene rings is 1. The summed E-state index contributed by atoms with van der Waals surface area (Å²) in [7, 11) is 0. The van der Waals surface area contributed by atoms with Crippen LogP contribution >= 0.6 is 0 Å². The maximum absolute atomic E-state index is 13.0. The summed E-state index contributed by atoms with van der Waals surface area (Å²) in [6, 6.07) is 4.74. The lowest BCUT2D eigenvalue weighted by Gasteiger charge is -2.52. The Kier molecular flexibility index (Phi) is 2.92. The Morgan fingerprint density at radius 2 is 1.72 bits per heavy atom. The van der Waals surface area contributed by atoms with Crippen LogP contribution in [0.5, 0.6) is 0 Å². The minimum absolute atomic E-state index is 0.249. The maximum atomic E-state index is 13.0. The van der Waals surface area contributed by atoms with Crippen molar-refractivity contribution in [3.63, 3.8) is 0 Å². The monoisotopic (exact) mass is 248 g/mol. The fraction of sp³-hybridized carbons (Fsp3) is 0.600. The van der Waals surface area contributed by atoms with E-state index in [0.29, 0.717) is 11.1 Å². The van der Waals surface area contributed by atoms with Gasteiger partial charge < -0.3 is 10.6 Å². The predicted molar refractivity (Wildman–Crippen MR) is 73.2 cm³/mol. The Morgan fingerprint density at radius 3 is 2.33 bits per heavy atom. The van der Waals surface area contributed by atoms with E-state index in [1.807, 2.05) is 6.07 Å². The Bertz CT molecular complexity index is 428. The smallest absolute Gasteiger partial charge is 0.125 e. The number of rotatable bonds is 1. The summed E-state index contributed by atoms with van der Waals surface area (Å²) in [6.07, 6.45) is 8.22. The zero-order valence-corrected chi connectivity index (χ0v) is 10.8. The summed E-state index contributed by atoms with van der Waals surface area (Å²) in [6.45, 7) is 2.20. The van der Waals surface area contributed by atoms with E-state index >= 15 is 0 Å². The van der Waals surface area contributed by atoms with E-state index < -0.39 is 0 Å². The third kappa shape index (κ3) is 2.06. The van der Waals surface area contributed by atoms with Gasteiger partial charge in [0.05, 0.1) is 11.4 Å². The van der Waals surface area contributed by atoms with Gasteiger partial charge in [0.1, 0.15) is 5.82 Å². The van der Waals surface area contributed by atoms with E-state index in [-0.39, 0.29) is 5.82 Å². The lowest BCUT2D eigenvalue weighted by atomic mass is 9.73. The number of nitrogens with two attached hydrogens (primary N) is 1. The van der Waals surface area contributed by atoms with E-state index in [4.69, 9.17) is 5.73 Å². The van der Waals surface area contributed by atoms with Gasteiger partial charge in [-0.15, -0.1) is 0 Å². The molecule has 1 spiro atoms. The zero-order chi connectivity index (χ0) is 12.6. The molecule has 3 rings (SSSR count). The molecule has 1 aromatic carbocycles. The summed E-state index contributed by atoms with van der Waals surface area (Å²) >= 11 is 0. The number of nitrogen functional groups attached to an aromatic ring is 1.